The van der Waals surface area contributed by atoms with Crippen LogP contribution < -0.4 is 5.32 Å². The summed E-state index contributed by atoms with van der Waals surface area (Å²) in [5.41, 5.74) is 0.804. The number of amides is 2. The largest absolute Gasteiger partial charge is 0.364 e. The fourth-order valence-electron chi connectivity index (χ4n) is 1.37. The molecule has 2 rings (SSSR count). The van der Waals surface area contributed by atoms with Crippen molar-refractivity contribution < 1.29 is 9.59 Å². The first-order valence-corrected chi connectivity index (χ1v) is 3.74. The van der Waals surface area contributed by atoms with Crippen molar-refractivity contribution in [3.05, 3.63) is 24.0 Å². The lowest BCUT2D eigenvalue weighted by atomic mass is 10.0. The number of rotatable bonds is 1. The minimum absolute atomic E-state index is 0.195. The molecular weight excluding hydrogens is 156 g/mol. The van der Waals surface area contributed by atoms with Crippen molar-refractivity contribution >= 4 is 11.8 Å². The van der Waals surface area contributed by atoms with Gasteiger partial charge in [-0.05, 0) is 12.1 Å². The van der Waals surface area contributed by atoms with Crippen LogP contribution in [0.2, 0.25) is 0 Å². The molecule has 2 amide bonds. The monoisotopic (exact) mass is 164 g/mol. The Bertz CT molecular complexity index is 316. The lowest BCUT2D eigenvalue weighted by molar-refractivity contribution is -0.125. The lowest BCUT2D eigenvalue weighted by Crippen LogP contribution is -2.21. The first kappa shape index (κ1) is 7.09. The fraction of sp³-hybridized carbons (Fsp3) is 0.250. The maximum Gasteiger partial charge on any atom is 0.236 e. The van der Waals surface area contributed by atoms with Crippen LogP contribution in [-0.4, -0.2) is 16.8 Å². The third-order valence-corrected chi connectivity index (χ3v) is 1.97. The smallest absolute Gasteiger partial charge is 0.236 e. The molecule has 0 bridgehead atoms. The minimum atomic E-state index is -0.313. The highest BCUT2D eigenvalue weighted by molar-refractivity contribution is 6.05. The normalized spacial score (nSPS) is 22.8. The molecule has 0 aromatic carbocycles. The second-order valence-electron chi connectivity index (χ2n) is 2.79. The van der Waals surface area contributed by atoms with E-state index in [4.69, 9.17) is 0 Å². The Morgan fingerprint density at radius 1 is 1.42 bits per heavy atom. The number of carbonyl (C=O) groups is 2. The molecule has 12 heavy (non-hydrogen) atoms. The third kappa shape index (κ3) is 1.01. The van der Waals surface area contributed by atoms with Crippen LogP contribution in [0.4, 0.5) is 0 Å². The predicted octanol–water partition coefficient (Wildman–Crippen LogP) is 0.145. The third-order valence-electron chi connectivity index (χ3n) is 1.97. The summed E-state index contributed by atoms with van der Waals surface area (Å²) >= 11 is 0. The summed E-state index contributed by atoms with van der Waals surface area (Å²) < 4.78 is 0. The number of hydrogen-bond donors (Lipinski definition) is 2. The van der Waals surface area contributed by atoms with Crippen molar-refractivity contribution in [2.75, 3.05) is 0 Å². The quantitative estimate of drug-likeness (QED) is 0.580. The molecule has 1 saturated heterocycles. The van der Waals surface area contributed by atoms with Gasteiger partial charge in [-0.25, -0.2) is 0 Å². The molecule has 62 valence electrons. The first-order valence-electron chi connectivity index (χ1n) is 3.74. The molecule has 4 nitrogen and oxygen atoms in total. The number of imide groups is 1. The molecule has 0 aliphatic carbocycles. The summed E-state index contributed by atoms with van der Waals surface area (Å²) in [5.74, 6) is -0.713. The fourth-order valence-corrected chi connectivity index (χ4v) is 1.37. The minimum Gasteiger partial charge on any atom is -0.364 e. The van der Waals surface area contributed by atoms with E-state index >= 15 is 0 Å². The van der Waals surface area contributed by atoms with Crippen molar-refractivity contribution in [3.63, 3.8) is 0 Å². The zero-order chi connectivity index (χ0) is 8.55. The Morgan fingerprint density at radius 3 is 2.75 bits per heavy atom. The van der Waals surface area contributed by atoms with Crippen molar-refractivity contribution in [3.8, 4) is 0 Å². The van der Waals surface area contributed by atoms with Gasteiger partial charge in [0.2, 0.25) is 11.8 Å². The molecule has 1 aliphatic heterocycles. The molecule has 0 spiro atoms. The van der Waals surface area contributed by atoms with E-state index in [0.717, 1.165) is 5.69 Å². The second-order valence-corrected chi connectivity index (χ2v) is 2.79. The summed E-state index contributed by atoms with van der Waals surface area (Å²) in [6.45, 7) is 0. The van der Waals surface area contributed by atoms with Gasteiger partial charge in [-0.1, -0.05) is 0 Å². The molecule has 1 atom stereocenters. The van der Waals surface area contributed by atoms with Crippen LogP contribution in [0.15, 0.2) is 18.3 Å². The zero-order valence-corrected chi connectivity index (χ0v) is 6.33. The highest BCUT2D eigenvalue weighted by Gasteiger charge is 2.32. The van der Waals surface area contributed by atoms with Crippen molar-refractivity contribution in [1.29, 1.82) is 0 Å². The van der Waals surface area contributed by atoms with Gasteiger partial charge in [-0.3, -0.25) is 14.9 Å². The molecule has 2 N–H and O–H groups in total. The average Bonchev–Trinajstić information content (AvgIpc) is 2.58. The number of aromatic nitrogens is 1. The van der Waals surface area contributed by atoms with E-state index in [1.54, 1.807) is 6.20 Å². The zero-order valence-electron chi connectivity index (χ0n) is 6.33. The topological polar surface area (TPSA) is 62.0 Å². The molecule has 2 heterocycles. The van der Waals surface area contributed by atoms with E-state index in [-0.39, 0.29) is 24.2 Å². The summed E-state index contributed by atoms with van der Waals surface area (Å²) in [5, 5.41) is 2.26. The molecule has 1 unspecified atom stereocenters. The Kier molecular flexibility index (Phi) is 1.46. The van der Waals surface area contributed by atoms with Crippen LogP contribution >= 0.6 is 0 Å². The second kappa shape index (κ2) is 2.48. The van der Waals surface area contributed by atoms with E-state index < -0.39 is 0 Å². The van der Waals surface area contributed by atoms with Gasteiger partial charge in [0.15, 0.2) is 0 Å². The number of H-pyrrole nitrogens is 1. The van der Waals surface area contributed by atoms with Gasteiger partial charge in [0, 0.05) is 18.3 Å². The van der Waals surface area contributed by atoms with Gasteiger partial charge >= 0.3 is 0 Å². The maximum absolute atomic E-state index is 11.1. The van der Waals surface area contributed by atoms with Crippen LogP contribution in [0.25, 0.3) is 0 Å². The number of nitrogens with one attached hydrogen (secondary N) is 2. The van der Waals surface area contributed by atoms with Crippen molar-refractivity contribution in [2.24, 2.45) is 0 Å². The van der Waals surface area contributed by atoms with E-state index in [2.05, 4.69) is 10.3 Å². The lowest BCUT2D eigenvalue weighted by Gasteiger charge is -2.00. The number of carbonyl (C=O) groups excluding carboxylic acids is 2. The molecule has 1 fully saturated rings. The van der Waals surface area contributed by atoms with Gasteiger partial charge in [0.05, 0.1) is 5.92 Å². The van der Waals surface area contributed by atoms with E-state index in [1.165, 1.54) is 0 Å². The molecule has 1 aliphatic rings. The Balaban J connectivity index is 2.26. The Hall–Kier alpha value is -1.58. The van der Waals surface area contributed by atoms with E-state index in [0.29, 0.717) is 0 Å². The molecule has 1 aromatic heterocycles. The highest BCUT2D eigenvalue weighted by atomic mass is 16.2. The molecule has 1 aromatic rings. The standard InChI is InChI=1S/C8H8N2O2/c11-7-4-5(8(12)10-7)6-2-1-3-9-6/h1-3,5,9H,4H2,(H,10,11,12). The maximum atomic E-state index is 11.1. The van der Waals surface area contributed by atoms with Crippen molar-refractivity contribution in [2.45, 2.75) is 12.3 Å². The van der Waals surface area contributed by atoms with E-state index in [1.807, 2.05) is 12.1 Å². The Morgan fingerprint density at radius 2 is 2.25 bits per heavy atom. The summed E-state index contributed by atoms with van der Waals surface area (Å²) in [4.78, 5) is 24.9. The summed E-state index contributed by atoms with van der Waals surface area (Å²) in [6, 6.07) is 3.62. The highest BCUT2D eigenvalue weighted by Crippen LogP contribution is 2.21. The van der Waals surface area contributed by atoms with E-state index in [9.17, 15) is 9.59 Å². The first-order chi connectivity index (χ1) is 5.77. The van der Waals surface area contributed by atoms with Gasteiger partial charge < -0.3 is 4.98 Å². The summed E-state index contributed by atoms with van der Waals surface area (Å²) in [6.07, 6.45) is 2.00. The SMILES string of the molecule is O=C1CC(c2ccc[nH]2)C(=O)N1. The van der Waals surface area contributed by atoms with Crippen LogP contribution in [0.3, 0.4) is 0 Å². The average molecular weight is 164 g/mol. The van der Waals surface area contributed by atoms with Gasteiger partial charge in [0.25, 0.3) is 0 Å². The van der Waals surface area contributed by atoms with Gasteiger partial charge in [-0.15, -0.1) is 0 Å². The number of aromatic amines is 1. The van der Waals surface area contributed by atoms with Crippen LogP contribution in [-0.2, 0) is 9.59 Å². The molecular formula is C8H8N2O2. The molecule has 4 heteroatoms. The number of hydrogen-bond acceptors (Lipinski definition) is 2. The van der Waals surface area contributed by atoms with Crippen LogP contribution in [0.1, 0.15) is 18.0 Å². The predicted molar refractivity (Wildman–Crippen MR) is 41.3 cm³/mol. The van der Waals surface area contributed by atoms with Gasteiger partial charge in [0.1, 0.15) is 0 Å². The molecule has 0 saturated carbocycles. The van der Waals surface area contributed by atoms with Gasteiger partial charge in [-0.2, -0.15) is 0 Å². The Labute approximate surface area is 69.0 Å². The van der Waals surface area contributed by atoms with Crippen LogP contribution in [0.5, 0.6) is 0 Å². The van der Waals surface area contributed by atoms with Crippen LogP contribution in [0, 0.1) is 0 Å². The summed E-state index contributed by atoms with van der Waals surface area (Å²) in [7, 11) is 0. The molecule has 0 radical (unpaired) electrons. The van der Waals surface area contributed by atoms with Crippen molar-refractivity contribution in [1.82, 2.24) is 10.3 Å².